The Hall–Kier alpha value is -1.70. The van der Waals surface area contributed by atoms with E-state index in [1.807, 2.05) is 30.3 Å². The summed E-state index contributed by atoms with van der Waals surface area (Å²) in [6.45, 7) is 4.41. The lowest BCUT2D eigenvalue weighted by Crippen LogP contribution is -1.96. The molecule has 1 aromatic heterocycles. The van der Waals surface area contributed by atoms with Crippen molar-refractivity contribution in [3.63, 3.8) is 0 Å². The molecule has 0 amide bonds. The van der Waals surface area contributed by atoms with Gasteiger partial charge in [0.25, 0.3) is 0 Å². The van der Waals surface area contributed by atoms with Crippen molar-refractivity contribution < 1.29 is 4.42 Å². The van der Waals surface area contributed by atoms with Crippen molar-refractivity contribution in [3.05, 3.63) is 43.2 Å². The molecule has 2 nitrogen and oxygen atoms in total. The summed E-state index contributed by atoms with van der Waals surface area (Å²) in [6.07, 6.45) is 3.52. The van der Waals surface area contributed by atoms with Crippen molar-refractivity contribution in [2.75, 3.05) is 11.9 Å². The largest absolute Gasteiger partial charge is 0.464 e. The third kappa shape index (κ3) is 1.56. The van der Waals surface area contributed by atoms with Gasteiger partial charge >= 0.3 is 0 Å². The predicted octanol–water partition coefficient (Wildman–Crippen LogP) is 3.03. The van der Waals surface area contributed by atoms with E-state index in [0.717, 1.165) is 23.2 Å². The molecule has 0 atom stereocenters. The highest BCUT2D eigenvalue weighted by Gasteiger charge is 1.96. The topological polar surface area (TPSA) is 25.2 Å². The van der Waals surface area contributed by atoms with E-state index in [-0.39, 0.29) is 0 Å². The minimum atomic E-state index is 0.770. The number of hydrogen-bond donors (Lipinski definition) is 1. The SMILES string of the molecule is C=CCNc1ccc2ccoc2c1. The summed E-state index contributed by atoms with van der Waals surface area (Å²) in [5.74, 6) is 0. The van der Waals surface area contributed by atoms with E-state index >= 15 is 0 Å². The van der Waals surface area contributed by atoms with Gasteiger partial charge in [0.15, 0.2) is 0 Å². The van der Waals surface area contributed by atoms with Crippen molar-refractivity contribution >= 4 is 16.7 Å². The molecule has 2 rings (SSSR count). The number of rotatable bonds is 3. The summed E-state index contributed by atoms with van der Waals surface area (Å²) in [4.78, 5) is 0. The zero-order valence-electron chi connectivity index (χ0n) is 7.29. The molecule has 0 aliphatic rings. The van der Waals surface area contributed by atoms with Crippen LogP contribution in [-0.2, 0) is 0 Å². The van der Waals surface area contributed by atoms with Crippen LogP contribution in [-0.4, -0.2) is 6.54 Å². The van der Waals surface area contributed by atoms with Crippen LogP contribution < -0.4 is 5.32 Å². The molecule has 0 aliphatic carbocycles. The van der Waals surface area contributed by atoms with Crippen LogP contribution in [0.2, 0.25) is 0 Å². The number of benzene rings is 1. The molecule has 2 aromatic rings. The molecular formula is C11H11NO. The molecule has 2 heteroatoms. The lowest BCUT2D eigenvalue weighted by atomic mass is 10.2. The van der Waals surface area contributed by atoms with Gasteiger partial charge in [-0.1, -0.05) is 6.08 Å². The molecule has 0 unspecified atom stereocenters. The Morgan fingerprint density at radius 1 is 1.38 bits per heavy atom. The standard InChI is InChI=1S/C11H11NO/c1-2-6-12-10-4-3-9-5-7-13-11(9)8-10/h2-5,7-8,12H,1,6H2. The first-order valence-electron chi connectivity index (χ1n) is 4.22. The number of anilines is 1. The zero-order chi connectivity index (χ0) is 9.10. The summed E-state index contributed by atoms with van der Waals surface area (Å²) in [5.41, 5.74) is 1.97. The predicted molar refractivity (Wildman–Crippen MR) is 54.9 cm³/mol. The molecule has 1 heterocycles. The van der Waals surface area contributed by atoms with E-state index in [9.17, 15) is 0 Å². The third-order valence-electron chi connectivity index (χ3n) is 1.91. The molecule has 0 saturated heterocycles. The van der Waals surface area contributed by atoms with Crippen LogP contribution in [0.5, 0.6) is 0 Å². The van der Waals surface area contributed by atoms with Crippen molar-refractivity contribution in [2.24, 2.45) is 0 Å². The third-order valence-corrected chi connectivity index (χ3v) is 1.91. The lowest BCUT2D eigenvalue weighted by Gasteiger charge is -2.01. The van der Waals surface area contributed by atoms with E-state index in [0.29, 0.717) is 0 Å². The Morgan fingerprint density at radius 2 is 2.31 bits per heavy atom. The Morgan fingerprint density at radius 3 is 3.15 bits per heavy atom. The van der Waals surface area contributed by atoms with Gasteiger partial charge in [-0.15, -0.1) is 6.58 Å². The van der Waals surface area contributed by atoms with Gasteiger partial charge in [-0.05, 0) is 18.2 Å². The second kappa shape index (κ2) is 3.35. The smallest absolute Gasteiger partial charge is 0.135 e. The van der Waals surface area contributed by atoms with Crippen LogP contribution in [0.15, 0.2) is 47.6 Å². The highest BCUT2D eigenvalue weighted by atomic mass is 16.3. The minimum Gasteiger partial charge on any atom is -0.464 e. The van der Waals surface area contributed by atoms with Gasteiger partial charge in [0, 0.05) is 23.7 Å². The normalized spacial score (nSPS) is 10.2. The molecule has 66 valence electrons. The average Bonchev–Trinajstić information content (AvgIpc) is 2.61. The Balaban J connectivity index is 2.31. The molecular weight excluding hydrogens is 162 g/mol. The van der Waals surface area contributed by atoms with E-state index in [2.05, 4.69) is 11.9 Å². The molecule has 0 radical (unpaired) electrons. The fourth-order valence-electron chi connectivity index (χ4n) is 1.25. The number of hydrogen-bond acceptors (Lipinski definition) is 2. The van der Waals surface area contributed by atoms with Crippen molar-refractivity contribution in [2.45, 2.75) is 0 Å². The van der Waals surface area contributed by atoms with Gasteiger partial charge in [0.2, 0.25) is 0 Å². The number of fused-ring (bicyclic) bond motifs is 1. The molecule has 1 aromatic carbocycles. The Bertz CT molecular complexity index is 417. The molecule has 0 bridgehead atoms. The first kappa shape index (κ1) is 7.92. The van der Waals surface area contributed by atoms with Crippen molar-refractivity contribution in [1.82, 2.24) is 0 Å². The fraction of sp³-hybridized carbons (Fsp3) is 0.0909. The highest BCUT2D eigenvalue weighted by Crippen LogP contribution is 2.19. The summed E-state index contributed by atoms with van der Waals surface area (Å²) in [5, 5.41) is 4.33. The Labute approximate surface area is 76.9 Å². The molecule has 0 spiro atoms. The second-order valence-electron chi connectivity index (χ2n) is 2.84. The maximum Gasteiger partial charge on any atom is 0.135 e. The van der Waals surface area contributed by atoms with Crippen LogP contribution in [0.3, 0.4) is 0 Å². The van der Waals surface area contributed by atoms with Gasteiger partial charge in [0.05, 0.1) is 6.26 Å². The number of nitrogens with one attached hydrogen (secondary N) is 1. The van der Waals surface area contributed by atoms with E-state index < -0.39 is 0 Å². The van der Waals surface area contributed by atoms with Crippen LogP contribution >= 0.6 is 0 Å². The summed E-state index contributed by atoms with van der Waals surface area (Å²) in [7, 11) is 0. The number of furan rings is 1. The summed E-state index contributed by atoms with van der Waals surface area (Å²) in [6, 6.07) is 8.00. The zero-order valence-corrected chi connectivity index (χ0v) is 7.29. The van der Waals surface area contributed by atoms with Gasteiger partial charge in [-0.2, -0.15) is 0 Å². The average molecular weight is 173 g/mol. The molecule has 0 aliphatic heterocycles. The summed E-state index contributed by atoms with van der Waals surface area (Å²) >= 11 is 0. The van der Waals surface area contributed by atoms with Gasteiger partial charge < -0.3 is 9.73 Å². The van der Waals surface area contributed by atoms with Gasteiger partial charge in [-0.3, -0.25) is 0 Å². The van der Waals surface area contributed by atoms with Crippen LogP contribution in [0.25, 0.3) is 11.0 Å². The van der Waals surface area contributed by atoms with Crippen LogP contribution in [0.1, 0.15) is 0 Å². The van der Waals surface area contributed by atoms with Crippen molar-refractivity contribution in [3.8, 4) is 0 Å². The maximum atomic E-state index is 5.27. The van der Waals surface area contributed by atoms with Crippen molar-refractivity contribution in [1.29, 1.82) is 0 Å². The van der Waals surface area contributed by atoms with Crippen LogP contribution in [0, 0.1) is 0 Å². The minimum absolute atomic E-state index is 0.770. The van der Waals surface area contributed by atoms with Gasteiger partial charge in [-0.25, -0.2) is 0 Å². The quantitative estimate of drug-likeness (QED) is 0.722. The summed E-state index contributed by atoms with van der Waals surface area (Å²) < 4.78 is 5.27. The first-order valence-corrected chi connectivity index (χ1v) is 4.22. The first-order chi connectivity index (χ1) is 6.40. The lowest BCUT2D eigenvalue weighted by molar-refractivity contribution is 0.616. The second-order valence-corrected chi connectivity index (χ2v) is 2.84. The maximum absolute atomic E-state index is 5.27. The van der Waals surface area contributed by atoms with E-state index in [1.54, 1.807) is 6.26 Å². The highest BCUT2D eigenvalue weighted by molar-refractivity contribution is 5.80. The Kier molecular flexibility index (Phi) is 2.04. The molecule has 0 saturated carbocycles. The monoisotopic (exact) mass is 173 g/mol. The van der Waals surface area contributed by atoms with Gasteiger partial charge in [0.1, 0.15) is 5.58 Å². The van der Waals surface area contributed by atoms with Crippen LogP contribution in [0.4, 0.5) is 5.69 Å². The molecule has 1 N–H and O–H groups in total. The fourth-order valence-corrected chi connectivity index (χ4v) is 1.25. The molecule has 0 fully saturated rings. The van der Waals surface area contributed by atoms with E-state index in [4.69, 9.17) is 4.42 Å². The molecule has 13 heavy (non-hydrogen) atoms. The van der Waals surface area contributed by atoms with E-state index in [1.165, 1.54) is 0 Å².